The van der Waals surface area contributed by atoms with Crippen molar-refractivity contribution in [3.8, 4) is 11.4 Å². The molecule has 3 heteroatoms. The third-order valence-electron chi connectivity index (χ3n) is 3.32. The zero-order chi connectivity index (χ0) is 16.7. The van der Waals surface area contributed by atoms with Gasteiger partial charge < -0.3 is 0 Å². The lowest BCUT2D eigenvalue weighted by Crippen LogP contribution is -2.47. The monoisotopic (exact) mass is 274 g/mol. The van der Waals surface area contributed by atoms with Gasteiger partial charge in [-0.05, 0) is 23.5 Å². The van der Waals surface area contributed by atoms with Crippen LogP contribution in [-0.2, 0) is 7.05 Å². The topological polar surface area (TPSA) is 16.8 Å². The second kappa shape index (κ2) is 4.89. The number of benzene rings is 1. The third kappa shape index (κ3) is 2.76. The Balaban J connectivity index is 2.77. The van der Waals surface area contributed by atoms with Crippen LogP contribution in [0.4, 0.5) is 0 Å². The molecule has 2 nitrogen and oxygen atoms in total. The Morgan fingerprint density at radius 3 is 2.47 bits per heavy atom. The lowest BCUT2D eigenvalue weighted by atomic mass is 10.1. The molecule has 0 atom stereocenters. The smallest absolute Gasteiger partial charge is 0.233 e. The highest BCUT2D eigenvalue weighted by Gasteiger charge is 2.26. The highest BCUT2D eigenvalue weighted by Crippen LogP contribution is 2.18. The molecule has 0 fully saturated rings. The van der Waals surface area contributed by atoms with Crippen LogP contribution in [0.5, 0.6) is 0 Å². The van der Waals surface area contributed by atoms with Crippen LogP contribution < -0.4 is 9.75 Å². The summed E-state index contributed by atoms with van der Waals surface area (Å²) in [7, 11) is 0.132. The van der Waals surface area contributed by atoms with E-state index in [4.69, 9.17) is 4.11 Å². The second-order valence-electron chi connectivity index (χ2n) is 6.00. The van der Waals surface area contributed by atoms with Gasteiger partial charge in [0.05, 0.1) is 26.9 Å². The summed E-state index contributed by atoms with van der Waals surface area (Å²) in [6.45, 7) is 6.26. The Morgan fingerprint density at radius 2 is 1.89 bits per heavy atom. The van der Waals surface area contributed by atoms with Crippen LogP contribution in [0.25, 0.3) is 11.4 Å². The van der Waals surface area contributed by atoms with E-state index in [2.05, 4.69) is 24.6 Å². The van der Waals surface area contributed by atoms with Gasteiger partial charge in [0, 0.05) is 16.2 Å². The molecule has 0 aliphatic heterocycles. The van der Waals surface area contributed by atoms with Crippen molar-refractivity contribution in [3.63, 3.8) is 0 Å². The Morgan fingerprint density at radius 1 is 1.21 bits per heavy atom. The van der Waals surface area contributed by atoms with Crippen LogP contribution >= 0.6 is 0 Å². The van der Waals surface area contributed by atoms with Gasteiger partial charge in [0.15, 0.2) is 5.69 Å². The molecular formula is C16H23N2Si+. The Labute approximate surface area is 121 Å². The average molecular weight is 274 g/mol. The quantitative estimate of drug-likeness (QED) is 0.608. The molecule has 0 bridgehead atoms. The first-order valence-electron chi connectivity index (χ1n) is 7.99. The summed E-state index contributed by atoms with van der Waals surface area (Å²) in [5, 5.41) is 0.896. The van der Waals surface area contributed by atoms with E-state index in [0.29, 0.717) is 5.82 Å². The second-order valence-corrected chi connectivity index (χ2v) is 11.0. The summed E-state index contributed by atoms with van der Waals surface area (Å²) < 4.78 is 25.5. The van der Waals surface area contributed by atoms with Crippen molar-refractivity contribution in [1.29, 1.82) is 0 Å². The molecule has 0 N–H and O–H groups in total. The van der Waals surface area contributed by atoms with Crippen molar-refractivity contribution in [3.05, 3.63) is 41.7 Å². The molecule has 2 aromatic rings. The van der Waals surface area contributed by atoms with Crippen LogP contribution in [0.3, 0.4) is 0 Å². The molecule has 0 aliphatic rings. The van der Waals surface area contributed by atoms with Gasteiger partial charge >= 0.3 is 5.82 Å². The molecule has 0 saturated heterocycles. The molecule has 1 heterocycles. The van der Waals surface area contributed by atoms with Gasteiger partial charge in [-0.1, -0.05) is 37.8 Å². The van der Waals surface area contributed by atoms with Crippen molar-refractivity contribution >= 4 is 13.3 Å². The van der Waals surface area contributed by atoms with Crippen LogP contribution in [0.2, 0.25) is 19.6 Å². The van der Waals surface area contributed by atoms with Gasteiger partial charge in [0.2, 0.25) is 0 Å². The van der Waals surface area contributed by atoms with E-state index in [1.807, 2.05) is 49.0 Å². The minimum atomic E-state index is -2.19. The maximum Gasteiger partial charge on any atom is 0.330 e. The molecule has 0 radical (unpaired) electrons. The SMILES string of the molecule is [2H]C([2H])([2H])c1nc(-c2ccccc2C)[n+](C)cc1[Si](C)(C)C. The van der Waals surface area contributed by atoms with E-state index >= 15 is 0 Å². The van der Waals surface area contributed by atoms with Crippen LogP contribution in [0.15, 0.2) is 30.5 Å². The van der Waals surface area contributed by atoms with E-state index in [1.54, 1.807) is 0 Å². The highest BCUT2D eigenvalue weighted by atomic mass is 28.3. The highest BCUT2D eigenvalue weighted by molar-refractivity contribution is 6.88. The first-order chi connectivity index (χ1) is 10.0. The normalized spacial score (nSPS) is 14.7. The van der Waals surface area contributed by atoms with E-state index in [-0.39, 0.29) is 5.69 Å². The molecule has 0 unspecified atom stereocenters. The summed E-state index contributed by atoms with van der Waals surface area (Å²) in [5.41, 5.74) is 2.31. The zero-order valence-corrected chi connectivity index (χ0v) is 13.3. The number of rotatable bonds is 2. The van der Waals surface area contributed by atoms with Gasteiger partial charge in [-0.15, -0.1) is 0 Å². The van der Waals surface area contributed by atoms with Crippen LogP contribution in [0.1, 0.15) is 15.4 Å². The number of hydrogen-bond acceptors (Lipinski definition) is 1. The molecule has 1 aromatic heterocycles. The number of aromatic nitrogens is 2. The van der Waals surface area contributed by atoms with Crippen molar-refractivity contribution in [2.75, 3.05) is 0 Å². The van der Waals surface area contributed by atoms with Crippen molar-refractivity contribution in [2.45, 2.75) is 33.4 Å². The van der Waals surface area contributed by atoms with E-state index in [0.717, 1.165) is 16.3 Å². The predicted octanol–water partition coefficient (Wildman–Crippen LogP) is 2.74. The average Bonchev–Trinajstić information content (AvgIpc) is 2.37. The fourth-order valence-corrected chi connectivity index (χ4v) is 3.53. The molecule has 0 aliphatic carbocycles. The number of aryl methyl sites for hydroxylation is 3. The molecule has 1 aromatic carbocycles. The Kier molecular flexibility index (Phi) is 2.66. The van der Waals surface area contributed by atoms with E-state index < -0.39 is 14.9 Å². The maximum atomic E-state index is 7.86. The lowest BCUT2D eigenvalue weighted by molar-refractivity contribution is -0.662. The third-order valence-corrected chi connectivity index (χ3v) is 5.31. The molecule has 0 amide bonds. The Hall–Kier alpha value is -1.48. The summed E-state index contributed by atoms with van der Waals surface area (Å²) >= 11 is 0. The molecule has 2 rings (SSSR count). The van der Waals surface area contributed by atoms with Crippen LogP contribution in [-0.4, -0.2) is 13.1 Å². The summed E-state index contributed by atoms with van der Waals surface area (Å²) in [6.07, 6.45) is 1.96. The van der Waals surface area contributed by atoms with Gasteiger partial charge in [0.25, 0.3) is 0 Å². The largest absolute Gasteiger partial charge is 0.330 e. The zero-order valence-electron chi connectivity index (χ0n) is 15.3. The first-order valence-corrected chi connectivity index (χ1v) is 9.99. The first kappa shape index (κ1) is 10.3. The maximum absolute atomic E-state index is 7.86. The lowest BCUT2D eigenvalue weighted by Gasteiger charge is -2.16. The fourth-order valence-electron chi connectivity index (χ4n) is 2.18. The summed E-state index contributed by atoms with van der Waals surface area (Å²) in [5.74, 6) is 0.700. The number of nitrogens with zero attached hydrogens (tertiary/aromatic N) is 2. The number of hydrogen-bond donors (Lipinski definition) is 0. The van der Waals surface area contributed by atoms with Crippen molar-refractivity contribution < 1.29 is 8.68 Å². The molecule has 100 valence electrons. The molecule has 0 spiro atoms. The fraction of sp³-hybridized carbons (Fsp3) is 0.375. The van der Waals surface area contributed by atoms with Crippen molar-refractivity contribution in [2.24, 2.45) is 7.05 Å². The molecule has 0 saturated carbocycles. The van der Waals surface area contributed by atoms with Crippen LogP contribution in [0, 0.1) is 13.8 Å². The van der Waals surface area contributed by atoms with Crippen molar-refractivity contribution in [1.82, 2.24) is 4.98 Å². The summed E-state index contributed by atoms with van der Waals surface area (Å²) in [6, 6.07) is 7.92. The Bertz CT molecular complexity index is 704. The summed E-state index contributed by atoms with van der Waals surface area (Å²) in [4.78, 5) is 4.58. The molecular weight excluding hydrogens is 248 g/mol. The van der Waals surface area contributed by atoms with E-state index in [1.165, 1.54) is 0 Å². The molecule has 19 heavy (non-hydrogen) atoms. The van der Waals surface area contributed by atoms with Gasteiger partial charge in [-0.2, -0.15) is 0 Å². The minimum absolute atomic E-state index is 0.253. The standard InChI is InChI=1S/C16H23N2Si/c1-12-9-7-8-10-14(12)16-17-13(2)15(11-18(16)3)19(4,5)6/h7-11H,1-6H3/q+1/i2D3. The predicted molar refractivity (Wildman–Crippen MR) is 83.3 cm³/mol. The van der Waals surface area contributed by atoms with E-state index in [9.17, 15) is 0 Å². The minimum Gasteiger partial charge on any atom is -0.233 e. The van der Waals surface area contributed by atoms with Gasteiger partial charge in [-0.3, -0.25) is 0 Å². The van der Waals surface area contributed by atoms with Gasteiger partial charge in [0.1, 0.15) is 0 Å². The van der Waals surface area contributed by atoms with Gasteiger partial charge in [-0.25, -0.2) is 4.57 Å².